The van der Waals surface area contributed by atoms with Gasteiger partial charge in [0.05, 0.1) is 6.33 Å². The highest BCUT2D eigenvalue weighted by molar-refractivity contribution is 6.35. The lowest BCUT2D eigenvalue weighted by Crippen LogP contribution is -1.95. The predicted molar refractivity (Wildman–Crippen MR) is 55.5 cm³/mol. The van der Waals surface area contributed by atoms with Crippen molar-refractivity contribution in [2.75, 3.05) is 0 Å². The first-order valence-corrected chi connectivity index (χ1v) is 4.62. The summed E-state index contributed by atoms with van der Waals surface area (Å²) in [5, 5.41) is 0.385. The molecule has 2 heterocycles. The molecule has 4 nitrogen and oxygen atoms in total. The van der Waals surface area contributed by atoms with Crippen LogP contribution in [0.4, 0.5) is 0 Å². The van der Waals surface area contributed by atoms with Gasteiger partial charge in [-0.25, -0.2) is 9.97 Å². The molecule has 0 aliphatic rings. The number of hydrogen-bond donors (Lipinski definition) is 0. The Balaban J connectivity index is 2.71. The second kappa shape index (κ2) is 3.55. The Hall–Kier alpha value is -1.13. The monoisotopic (exact) mass is 228 g/mol. The Bertz CT molecular complexity index is 491. The third kappa shape index (κ3) is 1.47. The van der Waals surface area contributed by atoms with Crippen molar-refractivity contribution < 1.29 is 0 Å². The van der Waals surface area contributed by atoms with Gasteiger partial charge < -0.3 is 4.57 Å². The molecule has 0 unspecified atom stereocenters. The summed E-state index contributed by atoms with van der Waals surface area (Å²) in [6.45, 7) is 4.24. The molecule has 0 saturated heterocycles. The van der Waals surface area contributed by atoms with Crippen molar-refractivity contribution >= 4 is 34.4 Å². The molecular formula is C8H6Cl2N4. The van der Waals surface area contributed by atoms with Gasteiger partial charge in [-0.05, 0) is 11.6 Å². The second-order valence-corrected chi connectivity index (χ2v) is 3.34. The molecular weight excluding hydrogens is 223 g/mol. The fourth-order valence-corrected chi connectivity index (χ4v) is 1.58. The molecule has 0 amide bonds. The normalized spacial score (nSPS) is 10.7. The van der Waals surface area contributed by atoms with Gasteiger partial charge in [-0.2, -0.15) is 4.98 Å². The second-order valence-electron chi connectivity index (χ2n) is 2.64. The molecule has 0 aliphatic carbocycles. The first-order valence-electron chi connectivity index (χ1n) is 3.87. The Labute approximate surface area is 90.2 Å². The Kier molecular flexibility index (Phi) is 2.39. The Morgan fingerprint density at radius 1 is 1.43 bits per heavy atom. The van der Waals surface area contributed by atoms with Crippen LogP contribution in [0, 0.1) is 0 Å². The number of allylic oxidation sites excluding steroid dienone is 1. The van der Waals surface area contributed by atoms with E-state index >= 15 is 0 Å². The van der Waals surface area contributed by atoms with Crippen LogP contribution in [0.25, 0.3) is 11.2 Å². The van der Waals surface area contributed by atoms with E-state index in [-0.39, 0.29) is 10.4 Å². The van der Waals surface area contributed by atoms with E-state index in [4.69, 9.17) is 23.2 Å². The number of fused-ring (bicyclic) bond motifs is 1. The molecule has 0 N–H and O–H groups in total. The van der Waals surface area contributed by atoms with Crippen LogP contribution in [0.3, 0.4) is 0 Å². The zero-order valence-electron chi connectivity index (χ0n) is 7.11. The van der Waals surface area contributed by atoms with Crippen molar-refractivity contribution in [2.24, 2.45) is 0 Å². The van der Waals surface area contributed by atoms with E-state index in [9.17, 15) is 0 Å². The minimum atomic E-state index is 0.119. The maximum Gasteiger partial charge on any atom is 0.225 e. The van der Waals surface area contributed by atoms with Gasteiger partial charge in [-0.3, -0.25) is 0 Å². The molecule has 6 heteroatoms. The van der Waals surface area contributed by atoms with Crippen molar-refractivity contribution in [3.8, 4) is 0 Å². The lowest BCUT2D eigenvalue weighted by molar-refractivity contribution is 0.838. The van der Waals surface area contributed by atoms with E-state index in [1.807, 2.05) is 0 Å². The highest BCUT2D eigenvalue weighted by Gasteiger charge is 2.09. The van der Waals surface area contributed by atoms with Crippen molar-refractivity contribution in [3.05, 3.63) is 29.4 Å². The number of aromatic nitrogens is 4. The SMILES string of the molecule is C=CCn1cnc2c(Cl)nc(Cl)nc21. The van der Waals surface area contributed by atoms with E-state index in [0.717, 1.165) is 0 Å². The fourth-order valence-electron chi connectivity index (χ4n) is 1.16. The summed E-state index contributed by atoms with van der Waals surface area (Å²) in [7, 11) is 0. The molecule has 2 rings (SSSR count). The van der Waals surface area contributed by atoms with Gasteiger partial charge in [0, 0.05) is 6.54 Å². The number of halogens is 2. The molecule has 0 spiro atoms. The Morgan fingerprint density at radius 3 is 2.93 bits per heavy atom. The van der Waals surface area contributed by atoms with Gasteiger partial charge in [0.2, 0.25) is 5.28 Å². The summed E-state index contributed by atoms with van der Waals surface area (Å²) >= 11 is 11.5. The van der Waals surface area contributed by atoms with E-state index in [1.165, 1.54) is 0 Å². The maximum absolute atomic E-state index is 5.84. The third-order valence-electron chi connectivity index (χ3n) is 1.72. The molecule has 72 valence electrons. The minimum Gasteiger partial charge on any atom is -0.311 e. The quantitative estimate of drug-likeness (QED) is 0.451. The molecule has 14 heavy (non-hydrogen) atoms. The van der Waals surface area contributed by atoms with Crippen LogP contribution in [-0.2, 0) is 6.54 Å². The van der Waals surface area contributed by atoms with Crippen LogP contribution in [-0.4, -0.2) is 19.5 Å². The maximum atomic E-state index is 5.84. The van der Waals surface area contributed by atoms with Crippen molar-refractivity contribution in [1.82, 2.24) is 19.5 Å². The molecule has 0 atom stereocenters. The minimum absolute atomic E-state index is 0.119. The van der Waals surface area contributed by atoms with Crippen LogP contribution in [0.1, 0.15) is 0 Å². The van der Waals surface area contributed by atoms with Gasteiger partial charge in [-0.15, -0.1) is 6.58 Å². The molecule has 2 aromatic rings. The van der Waals surface area contributed by atoms with Crippen LogP contribution in [0.2, 0.25) is 10.4 Å². The summed E-state index contributed by atoms with van der Waals surface area (Å²) in [4.78, 5) is 11.9. The lowest BCUT2D eigenvalue weighted by Gasteiger charge is -1.98. The standard InChI is InChI=1S/C8H6Cl2N4/c1-2-3-14-4-11-5-6(9)12-8(10)13-7(5)14/h2,4H,1,3H2. The average molecular weight is 229 g/mol. The molecule has 0 aliphatic heterocycles. The molecule has 0 bridgehead atoms. The first-order chi connectivity index (χ1) is 6.72. The summed E-state index contributed by atoms with van der Waals surface area (Å²) in [5.41, 5.74) is 1.17. The van der Waals surface area contributed by atoms with E-state index < -0.39 is 0 Å². The van der Waals surface area contributed by atoms with Gasteiger partial charge in [0.25, 0.3) is 0 Å². The summed E-state index contributed by atoms with van der Waals surface area (Å²) < 4.78 is 1.79. The Morgan fingerprint density at radius 2 is 2.21 bits per heavy atom. The molecule has 0 saturated carbocycles. The van der Waals surface area contributed by atoms with Gasteiger partial charge >= 0.3 is 0 Å². The highest BCUT2D eigenvalue weighted by atomic mass is 35.5. The van der Waals surface area contributed by atoms with Crippen molar-refractivity contribution in [3.63, 3.8) is 0 Å². The smallest absolute Gasteiger partial charge is 0.225 e. The lowest BCUT2D eigenvalue weighted by atomic mass is 10.5. The highest BCUT2D eigenvalue weighted by Crippen LogP contribution is 2.20. The van der Waals surface area contributed by atoms with Gasteiger partial charge in [0.15, 0.2) is 10.8 Å². The number of imidazole rings is 1. The van der Waals surface area contributed by atoms with Crippen molar-refractivity contribution in [2.45, 2.75) is 6.54 Å². The summed E-state index contributed by atoms with van der Waals surface area (Å²) in [6.07, 6.45) is 3.37. The van der Waals surface area contributed by atoms with Crippen LogP contribution >= 0.6 is 23.2 Å². The summed E-state index contributed by atoms with van der Waals surface area (Å²) in [6, 6.07) is 0. The molecule has 2 aromatic heterocycles. The zero-order valence-corrected chi connectivity index (χ0v) is 8.63. The van der Waals surface area contributed by atoms with E-state index in [0.29, 0.717) is 17.7 Å². The van der Waals surface area contributed by atoms with E-state index in [1.54, 1.807) is 17.0 Å². The summed E-state index contributed by atoms with van der Waals surface area (Å²) in [5.74, 6) is 0. The average Bonchev–Trinajstić information content (AvgIpc) is 2.49. The molecule has 0 fully saturated rings. The topological polar surface area (TPSA) is 43.6 Å². The largest absolute Gasteiger partial charge is 0.311 e. The number of rotatable bonds is 2. The van der Waals surface area contributed by atoms with Crippen LogP contribution in [0.15, 0.2) is 19.0 Å². The molecule has 0 aromatic carbocycles. The van der Waals surface area contributed by atoms with Crippen LogP contribution in [0.5, 0.6) is 0 Å². The number of nitrogens with zero attached hydrogens (tertiary/aromatic N) is 4. The van der Waals surface area contributed by atoms with Crippen molar-refractivity contribution in [1.29, 1.82) is 0 Å². The number of hydrogen-bond acceptors (Lipinski definition) is 3. The zero-order chi connectivity index (χ0) is 10.1. The van der Waals surface area contributed by atoms with Crippen LogP contribution < -0.4 is 0 Å². The fraction of sp³-hybridized carbons (Fsp3) is 0.125. The van der Waals surface area contributed by atoms with Gasteiger partial charge in [-0.1, -0.05) is 17.7 Å². The van der Waals surface area contributed by atoms with Gasteiger partial charge in [0.1, 0.15) is 5.52 Å². The predicted octanol–water partition coefficient (Wildman–Crippen LogP) is 2.32. The first kappa shape index (κ1) is 9.43. The third-order valence-corrected chi connectivity index (χ3v) is 2.15. The molecule has 0 radical (unpaired) electrons. The van der Waals surface area contributed by atoms with E-state index in [2.05, 4.69) is 21.5 Å².